The summed E-state index contributed by atoms with van der Waals surface area (Å²) >= 11 is 0. The van der Waals surface area contributed by atoms with Gasteiger partial charge >= 0.3 is 12.3 Å². The Morgan fingerprint density at radius 1 is 0.892 bits per heavy atom. The Balaban J connectivity index is 1.83. The van der Waals surface area contributed by atoms with Crippen molar-refractivity contribution in [2.45, 2.75) is 45.9 Å². The number of nitrogens with zero attached hydrogens (tertiary/aromatic N) is 1. The smallest absolute Gasteiger partial charge is 0.416 e. The maximum atomic E-state index is 13.5. The summed E-state index contributed by atoms with van der Waals surface area (Å²) in [5, 5.41) is 4.70. The highest BCUT2D eigenvalue weighted by Gasteiger charge is 2.34. The predicted molar refractivity (Wildman–Crippen MR) is 133 cm³/mol. The summed E-state index contributed by atoms with van der Waals surface area (Å²) in [7, 11) is 0. The van der Waals surface area contributed by atoms with E-state index in [1.165, 1.54) is 6.92 Å². The van der Waals surface area contributed by atoms with E-state index in [2.05, 4.69) is 15.6 Å². The van der Waals surface area contributed by atoms with Crippen LogP contribution in [-0.4, -0.2) is 28.4 Å². The lowest BCUT2D eigenvalue weighted by atomic mass is 10.0. The molecule has 1 aromatic heterocycles. The third-order valence-electron chi connectivity index (χ3n) is 5.10. The van der Waals surface area contributed by atoms with Gasteiger partial charge in [0.15, 0.2) is 5.78 Å². The number of carbonyl (C=O) groups excluding carboxylic acids is 3. The standard InChI is InChI=1S/C27H26F3N3O4/c1-16-12-21(33-25(36)37-26(2,3)4)22(14-20(16)27(28,29)30)32-24(35)15-23(34)19-7-5-6-18(13-19)17-8-10-31-11-9-17/h5-14H,15H2,1-4H3,(H,32,35)(H,33,36). The number of halogens is 3. The molecule has 10 heteroatoms. The molecule has 37 heavy (non-hydrogen) atoms. The van der Waals surface area contributed by atoms with E-state index in [4.69, 9.17) is 4.74 Å². The lowest BCUT2D eigenvalue weighted by Gasteiger charge is -2.21. The molecule has 0 unspecified atom stereocenters. The van der Waals surface area contributed by atoms with Gasteiger partial charge in [0.2, 0.25) is 5.91 Å². The number of aryl methyl sites for hydroxylation is 1. The van der Waals surface area contributed by atoms with Crippen LogP contribution in [0.4, 0.5) is 29.3 Å². The molecule has 0 bridgehead atoms. The monoisotopic (exact) mass is 513 g/mol. The fourth-order valence-electron chi connectivity index (χ4n) is 3.49. The van der Waals surface area contributed by atoms with Crippen molar-refractivity contribution in [3.63, 3.8) is 0 Å². The number of benzene rings is 2. The van der Waals surface area contributed by atoms with Crippen LogP contribution in [0.5, 0.6) is 0 Å². The number of carbonyl (C=O) groups is 3. The van der Waals surface area contributed by atoms with E-state index >= 15 is 0 Å². The number of pyridine rings is 1. The normalized spacial score (nSPS) is 11.5. The van der Waals surface area contributed by atoms with Crippen molar-refractivity contribution in [3.05, 3.63) is 77.6 Å². The van der Waals surface area contributed by atoms with Crippen molar-refractivity contribution < 1.29 is 32.3 Å². The number of anilines is 2. The largest absolute Gasteiger partial charge is 0.444 e. The number of ether oxygens (including phenoxy) is 1. The van der Waals surface area contributed by atoms with Crippen molar-refractivity contribution in [1.82, 2.24) is 4.98 Å². The van der Waals surface area contributed by atoms with Gasteiger partial charge in [0.1, 0.15) is 5.60 Å². The van der Waals surface area contributed by atoms with Crippen molar-refractivity contribution in [2.75, 3.05) is 10.6 Å². The summed E-state index contributed by atoms with van der Waals surface area (Å²) in [5.74, 6) is -1.37. The molecule has 0 spiro atoms. The highest BCUT2D eigenvalue weighted by molar-refractivity contribution is 6.12. The van der Waals surface area contributed by atoms with Crippen LogP contribution in [0, 0.1) is 6.92 Å². The summed E-state index contributed by atoms with van der Waals surface area (Å²) in [6, 6.07) is 12.0. The average Bonchev–Trinajstić information content (AvgIpc) is 2.79. The van der Waals surface area contributed by atoms with Gasteiger partial charge in [0, 0.05) is 18.0 Å². The summed E-state index contributed by atoms with van der Waals surface area (Å²) in [4.78, 5) is 41.7. The van der Waals surface area contributed by atoms with Crippen LogP contribution < -0.4 is 10.6 Å². The van der Waals surface area contributed by atoms with Crippen LogP contribution in [0.3, 0.4) is 0 Å². The summed E-state index contributed by atoms with van der Waals surface area (Å²) in [6.07, 6.45) is -3.02. The van der Waals surface area contributed by atoms with E-state index in [1.54, 1.807) is 69.6 Å². The van der Waals surface area contributed by atoms with Crippen LogP contribution in [-0.2, 0) is 15.7 Å². The maximum Gasteiger partial charge on any atom is 0.416 e. The van der Waals surface area contributed by atoms with Gasteiger partial charge in [-0.05, 0) is 74.7 Å². The molecule has 7 nitrogen and oxygen atoms in total. The maximum absolute atomic E-state index is 13.5. The van der Waals surface area contributed by atoms with E-state index in [0.29, 0.717) is 6.07 Å². The molecule has 0 radical (unpaired) electrons. The van der Waals surface area contributed by atoms with Gasteiger partial charge in [-0.3, -0.25) is 19.9 Å². The van der Waals surface area contributed by atoms with E-state index in [-0.39, 0.29) is 22.5 Å². The number of Topliss-reactive ketones (excluding diaryl/α,β-unsaturated/α-hetero) is 1. The number of ketones is 1. The first-order chi connectivity index (χ1) is 17.2. The van der Waals surface area contributed by atoms with Gasteiger partial charge in [-0.1, -0.05) is 18.2 Å². The second kappa shape index (κ2) is 10.8. The molecular formula is C27H26F3N3O4. The zero-order chi connectivity index (χ0) is 27.4. The van der Waals surface area contributed by atoms with Crippen LogP contribution >= 0.6 is 0 Å². The zero-order valence-electron chi connectivity index (χ0n) is 20.7. The highest BCUT2D eigenvalue weighted by Crippen LogP contribution is 2.37. The molecule has 0 saturated heterocycles. The fraction of sp³-hybridized carbons (Fsp3) is 0.259. The second-order valence-electron chi connectivity index (χ2n) is 9.30. The van der Waals surface area contributed by atoms with Crippen LogP contribution in [0.15, 0.2) is 60.9 Å². The van der Waals surface area contributed by atoms with Crippen LogP contribution in [0.25, 0.3) is 11.1 Å². The van der Waals surface area contributed by atoms with Gasteiger partial charge in [0.05, 0.1) is 23.4 Å². The fourth-order valence-corrected chi connectivity index (χ4v) is 3.49. The number of aromatic nitrogens is 1. The van der Waals surface area contributed by atoms with Gasteiger partial charge < -0.3 is 10.1 Å². The van der Waals surface area contributed by atoms with Gasteiger partial charge in [-0.25, -0.2) is 4.79 Å². The SMILES string of the molecule is Cc1cc(NC(=O)OC(C)(C)C)c(NC(=O)CC(=O)c2cccc(-c3ccncc3)c2)cc1C(F)(F)F. The molecule has 0 aliphatic carbocycles. The quantitative estimate of drug-likeness (QED) is 0.285. The number of hydrogen-bond donors (Lipinski definition) is 2. The predicted octanol–water partition coefficient (Wildman–Crippen LogP) is 6.63. The summed E-state index contributed by atoms with van der Waals surface area (Å²) in [5.41, 5.74) is -0.596. The van der Waals surface area contributed by atoms with E-state index in [9.17, 15) is 27.6 Å². The van der Waals surface area contributed by atoms with Gasteiger partial charge in [-0.2, -0.15) is 13.2 Å². The molecule has 0 aliphatic rings. The molecule has 0 atom stereocenters. The minimum absolute atomic E-state index is 0.0970. The van der Waals surface area contributed by atoms with E-state index < -0.39 is 41.5 Å². The molecular weight excluding hydrogens is 487 g/mol. The lowest BCUT2D eigenvalue weighted by Crippen LogP contribution is -2.28. The summed E-state index contributed by atoms with van der Waals surface area (Å²) in [6.45, 7) is 6.11. The topological polar surface area (TPSA) is 97.4 Å². The molecule has 3 rings (SSSR count). The van der Waals surface area contributed by atoms with Crippen LogP contribution in [0.1, 0.15) is 48.7 Å². The van der Waals surface area contributed by atoms with Gasteiger partial charge in [0.25, 0.3) is 0 Å². The molecule has 194 valence electrons. The minimum Gasteiger partial charge on any atom is -0.444 e. The second-order valence-corrected chi connectivity index (χ2v) is 9.30. The third kappa shape index (κ3) is 7.63. The first-order valence-electron chi connectivity index (χ1n) is 11.3. The Kier molecular flexibility index (Phi) is 8.00. The van der Waals surface area contributed by atoms with Crippen molar-refractivity contribution in [1.29, 1.82) is 0 Å². The first-order valence-corrected chi connectivity index (χ1v) is 11.3. The number of nitrogens with one attached hydrogen (secondary N) is 2. The Morgan fingerprint density at radius 3 is 2.16 bits per heavy atom. The van der Waals surface area contributed by atoms with E-state index in [0.717, 1.165) is 17.2 Å². The Morgan fingerprint density at radius 2 is 1.54 bits per heavy atom. The third-order valence-corrected chi connectivity index (χ3v) is 5.10. The number of amides is 2. The van der Waals surface area contributed by atoms with Crippen molar-refractivity contribution >= 4 is 29.2 Å². The Hall–Kier alpha value is -4.21. The Bertz CT molecular complexity index is 1320. The summed E-state index contributed by atoms with van der Waals surface area (Å²) < 4.78 is 45.7. The molecule has 3 aromatic rings. The molecule has 2 amide bonds. The zero-order valence-corrected chi connectivity index (χ0v) is 20.7. The van der Waals surface area contributed by atoms with E-state index in [1.807, 2.05) is 0 Å². The number of hydrogen-bond acceptors (Lipinski definition) is 5. The van der Waals surface area contributed by atoms with Gasteiger partial charge in [-0.15, -0.1) is 0 Å². The Labute approximate surface area is 212 Å². The average molecular weight is 514 g/mol. The molecule has 2 aromatic carbocycles. The first kappa shape index (κ1) is 27.4. The minimum atomic E-state index is -4.70. The molecule has 2 N–H and O–H groups in total. The van der Waals surface area contributed by atoms with Crippen LogP contribution in [0.2, 0.25) is 0 Å². The van der Waals surface area contributed by atoms with Crippen molar-refractivity contribution in [3.8, 4) is 11.1 Å². The number of alkyl halides is 3. The lowest BCUT2D eigenvalue weighted by molar-refractivity contribution is -0.138. The highest BCUT2D eigenvalue weighted by atomic mass is 19.4. The molecule has 0 fully saturated rings. The molecule has 0 aliphatic heterocycles. The van der Waals surface area contributed by atoms with Crippen molar-refractivity contribution in [2.24, 2.45) is 0 Å². The molecule has 1 heterocycles. The molecule has 0 saturated carbocycles. The number of rotatable bonds is 6.